The molecule has 0 aliphatic carbocycles. The highest BCUT2D eigenvalue weighted by Gasteiger charge is 2.19. The summed E-state index contributed by atoms with van der Waals surface area (Å²) in [6.07, 6.45) is 3.29. The van der Waals surface area contributed by atoms with Crippen molar-refractivity contribution in [2.24, 2.45) is 10.9 Å². The molecule has 0 bridgehead atoms. The Morgan fingerprint density at radius 2 is 1.97 bits per heavy atom. The highest BCUT2D eigenvalue weighted by Crippen LogP contribution is 2.14. The number of nitrogens with zero attached hydrogens (tertiary/aromatic N) is 3. The predicted molar refractivity (Wildman–Crippen MR) is 134 cm³/mol. The Kier molecular flexibility index (Phi) is 12.0. The molecule has 2 aliphatic rings. The lowest BCUT2D eigenvalue weighted by atomic mass is 10.0. The first-order valence-corrected chi connectivity index (χ1v) is 11.1. The highest BCUT2D eigenvalue weighted by atomic mass is 127. The maximum absolute atomic E-state index is 5.86. The molecular formula is C23H39IN4O2. The van der Waals surface area contributed by atoms with E-state index in [-0.39, 0.29) is 24.0 Å². The second-order valence-electron chi connectivity index (χ2n) is 8.21. The van der Waals surface area contributed by atoms with E-state index < -0.39 is 0 Å². The Bertz CT molecular complexity index is 629. The summed E-state index contributed by atoms with van der Waals surface area (Å²) in [5, 5.41) is 3.51. The lowest BCUT2D eigenvalue weighted by Gasteiger charge is -2.36. The molecule has 7 heteroatoms. The van der Waals surface area contributed by atoms with Gasteiger partial charge in [0.2, 0.25) is 0 Å². The Morgan fingerprint density at radius 3 is 2.67 bits per heavy atom. The zero-order chi connectivity index (χ0) is 20.3. The van der Waals surface area contributed by atoms with Gasteiger partial charge in [0.1, 0.15) is 0 Å². The van der Waals surface area contributed by atoms with Gasteiger partial charge in [0, 0.05) is 72.7 Å². The number of rotatable bonds is 8. The second-order valence-corrected chi connectivity index (χ2v) is 8.21. The molecule has 0 radical (unpaired) electrons. The van der Waals surface area contributed by atoms with Crippen LogP contribution in [-0.2, 0) is 16.0 Å². The van der Waals surface area contributed by atoms with Gasteiger partial charge < -0.3 is 19.7 Å². The monoisotopic (exact) mass is 530 g/mol. The molecule has 2 saturated heterocycles. The lowest BCUT2D eigenvalue weighted by molar-refractivity contribution is 0.0203. The fourth-order valence-corrected chi connectivity index (χ4v) is 4.06. The van der Waals surface area contributed by atoms with Crippen LogP contribution >= 0.6 is 24.0 Å². The van der Waals surface area contributed by atoms with Crippen LogP contribution in [-0.4, -0.2) is 82.0 Å². The smallest absolute Gasteiger partial charge is 0.193 e. The number of benzene rings is 1. The molecule has 6 nitrogen and oxygen atoms in total. The third kappa shape index (κ3) is 8.69. The number of hydrogen-bond acceptors (Lipinski definition) is 4. The maximum atomic E-state index is 5.86. The quantitative estimate of drug-likeness (QED) is 0.242. The van der Waals surface area contributed by atoms with E-state index >= 15 is 0 Å². The van der Waals surface area contributed by atoms with E-state index in [4.69, 9.17) is 9.47 Å². The second kappa shape index (κ2) is 14.2. The molecule has 30 heavy (non-hydrogen) atoms. The largest absolute Gasteiger partial charge is 0.381 e. The van der Waals surface area contributed by atoms with Gasteiger partial charge in [-0.1, -0.05) is 29.8 Å². The van der Waals surface area contributed by atoms with E-state index in [1.807, 2.05) is 7.05 Å². The van der Waals surface area contributed by atoms with Crippen LogP contribution in [0.1, 0.15) is 30.4 Å². The van der Waals surface area contributed by atoms with Crippen LogP contribution in [0.25, 0.3) is 0 Å². The Labute approximate surface area is 199 Å². The van der Waals surface area contributed by atoms with Crippen molar-refractivity contribution in [2.45, 2.75) is 32.7 Å². The summed E-state index contributed by atoms with van der Waals surface area (Å²) < 4.78 is 11.3. The molecule has 2 fully saturated rings. The summed E-state index contributed by atoms with van der Waals surface area (Å²) in [6, 6.07) is 8.83. The van der Waals surface area contributed by atoms with Crippen molar-refractivity contribution in [3.05, 3.63) is 35.4 Å². The standard InChI is InChI=1S/C23H38N4O2.HI/c1-20-5-3-6-22(17-20)18-26-10-12-27(13-11-26)23(24-2)25-9-4-14-29-19-21-7-15-28-16-8-21;/h3,5-6,17,21H,4,7-16,18-19H2,1-2H3,(H,24,25);1H. The molecule has 1 aromatic carbocycles. The molecule has 0 atom stereocenters. The normalized spacial score (nSPS) is 18.9. The molecule has 2 heterocycles. The third-order valence-electron chi connectivity index (χ3n) is 5.82. The van der Waals surface area contributed by atoms with E-state index in [0.29, 0.717) is 5.92 Å². The van der Waals surface area contributed by atoms with Gasteiger partial charge in [-0.15, -0.1) is 24.0 Å². The molecule has 1 N–H and O–H groups in total. The zero-order valence-electron chi connectivity index (χ0n) is 18.6. The third-order valence-corrected chi connectivity index (χ3v) is 5.82. The van der Waals surface area contributed by atoms with Crippen LogP contribution in [0.2, 0.25) is 0 Å². The molecule has 3 rings (SSSR count). The summed E-state index contributed by atoms with van der Waals surface area (Å²) in [5.41, 5.74) is 2.74. The lowest BCUT2D eigenvalue weighted by Crippen LogP contribution is -2.52. The minimum absolute atomic E-state index is 0. The van der Waals surface area contributed by atoms with Crippen molar-refractivity contribution in [2.75, 3.05) is 66.2 Å². The molecule has 0 amide bonds. The molecule has 0 aromatic heterocycles. The van der Waals surface area contributed by atoms with E-state index in [9.17, 15) is 0 Å². The molecule has 2 aliphatic heterocycles. The van der Waals surface area contributed by atoms with Crippen molar-refractivity contribution in [1.29, 1.82) is 0 Å². The first kappa shape index (κ1) is 25.4. The first-order chi connectivity index (χ1) is 14.2. The number of aryl methyl sites for hydroxylation is 1. The van der Waals surface area contributed by atoms with E-state index in [0.717, 1.165) is 90.9 Å². The Balaban J connectivity index is 0.00000320. The first-order valence-electron chi connectivity index (χ1n) is 11.1. The van der Waals surface area contributed by atoms with E-state index in [1.54, 1.807) is 0 Å². The van der Waals surface area contributed by atoms with Gasteiger partial charge in [-0.3, -0.25) is 9.89 Å². The van der Waals surface area contributed by atoms with Crippen LogP contribution in [0.15, 0.2) is 29.3 Å². The molecule has 0 unspecified atom stereocenters. The average Bonchev–Trinajstić information content (AvgIpc) is 2.75. The minimum Gasteiger partial charge on any atom is -0.381 e. The molecule has 0 saturated carbocycles. The predicted octanol–water partition coefficient (Wildman–Crippen LogP) is 3.14. The van der Waals surface area contributed by atoms with Crippen LogP contribution in [0.3, 0.4) is 0 Å². The van der Waals surface area contributed by atoms with Gasteiger partial charge >= 0.3 is 0 Å². The molecule has 1 aromatic rings. The number of ether oxygens (including phenoxy) is 2. The van der Waals surface area contributed by atoms with Gasteiger partial charge in [-0.2, -0.15) is 0 Å². The van der Waals surface area contributed by atoms with Gasteiger partial charge in [-0.05, 0) is 37.7 Å². The van der Waals surface area contributed by atoms with Gasteiger partial charge in [0.25, 0.3) is 0 Å². The summed E-state index contributed by atoms with van der Waals surface area (Å²) in [4.78, 5) is 9.38. The summed E-state index contributed by atoms with van der Waals surface area (Å²) in [7, 11) is 1.88. The molecule has 170 valence electrons. The number of aliphatic imine (C=N–C) groups is 1. The number of guanidine groups is 1. The maximum Gasteiger partial charge on any atom is 0.193 e. The highest BCUT2D eigenvalue weighted by molar-refractivity contribution is 14.0. The van der Waals surface area contributed by atoms with Crippen LogP contribution in [0.4, 0.5) is 0 Å². The zero-order valence-corrected chi connectivity index (χ0v) is 21.0. The SMILES string of the molecule is CN=C(NCCCOCC1CCOCC1)N1CCN(Cc2cccc(C)c2)CC1.I. The topological polar surface area (TPSA) is 49.3 Å². The van der Waals surface area contributed by atoms with Crippen molar-refractivity contribution < 1.29 is 9.47 Å². The average molecular weight is 530 g/mol. The Morgan fingerprint density at radius 1 is 1.20 bits per heavy atom. The Hall–Kier alpha value is -0.900. The van der Waals surface area contributed by atoms with Gasteiger partial charge in [0.05, 0.1) is 0 Å². The van der Waals surface area contributed by atoms with E-state index in [1.165, 1.54) is 11.1 Å². The summed E-state index contributed by atoms with van der Waals surface area (Å²) >= 11 is 0. The van der Waals surface area contributed by atoms with Crippen molar-refractivity contribution >= 4 is 29.9 Å². The number of hydrogen-bond donors (Lipinski definition) is 1. The van der Waals surface area contributed by atoms with Crippen LogP contribution in [0, 0.1) is 12.8 Å². The van der Waals surface area contributed by atoms with Crippen molar-refractivity contribution in [1.82, 2.24) is 15.1 Å². The van der Waals surface area contributed by atoms with Crippen LogP contribution in [0.5, 0.6) is 0 Å². The van der Waals surface area contributed by atoms with Crippen molar-refractivity contribution in [3.63, 3.8) is 0 Å². The van der Waals surface area contributed by atoms with E-state index in [2.05, 4.69) is 51.3 Å². The summed E-state index contributed by atoms with van der Waals surface area (Å²) in [6.45, 7) is 11.8. The van der Waals surface area contributed by atoms with Crippen LogP contribution < -0.4 is 5.32 Å². The fourth-order valence-electron chi connectivity index (χ4n) is 4.06. The number of piperazine rings is 1. The molecule has 0 spiro atoms. The molecular weight excluding hydrogens is 491 g/mol. The number of halogens is 1. The minimum atomic E-state index is 0. The van der Waals surface area contributed by atoms with Crippen molar-refractivity contribution in [3.8, 4) is 0 Å². The fraction of sp³-hybridized carbons (Fsp3) is 0.696. The summed E-state index contributed by atoms with van der Waals surface area (Å²) in [5.74, 6) is 1.70. The number of nitrogens with one attached hydrogen (secondary N) is 1. The van der Waals surface area contributed by atoms with Gasteiger partial charge in [-0.25, -0.2) is 0 Å². The van der Waals surface area contributed by atoms with Gasteiger partial charge in [0.15, 0.2) is 5.96 Å².